The molecule has 0 aromatic carbocycles. The van der Waals surface area contributed by atoms with Crippen molar-refractivity contribution in [2.24, 2.45) is 16.3 Å². The number of ether oxygens (including phenoxy) is 1. The average molecular weight is 455 g/mol. The fourth-order valence-corrected chi connectivity index (χ4v) is 4.29. The van der Waals surface area contributed by atoms with Gasteiger partial charge in [0.25, 0.3) is 0 Å². The summed E-state index contributed by atoms with van der Waals surface area (Å²) in [5, 5.41) is 4.36. The van der Waals surface area contributed by atoms with E-state index in [0.717, 1.165) is 50.0 Å². The molecule has 1 N–H and O–H groups in total. The molecule has 136 valence electrons. The molecule has 1 saturated carbocycles. The molecule has 23 heavy (non-hydrogen) atoms. The predicted octanol–water partition coefficient (Wildman–Crippen LogP) is 3.46. The van der Waals surface area contributed by atoms with Crippen molar-refractivity contribution in [3.05, 3.63) is 0 Å². The standard InChI is InChI=1S/C17H33N3OS.HI/c1-5-21-10-8-17(6-7-17)13-19-16(18-4)20-9-11-22-15(12-20)14(2)3;/h14-15H,5-13H2,1-4H3,(H,18,19);1H. The van der Waals surface area contributed by atoms with Crippen LogP contribution in [0.4, 0.5) is 0 Å². The summed E-state index contributed by atoms with van der Waals surface area (Å²) >= 11 is 2.11. The molecule has 6 heteroatoms. The number of thioether (sulfide) groups is 1. The third-order valence-corrected chi connectivity index (χ3v) is 6.45. The van der Waals surface area contributed by atoms with Crippen molar-refractivity contribution in [3.63, 3.8) is 0 Å². The van der Waals surface area contributed by atoms with Gasteiger partial charge in [0, 0.05) is 50.9 Å². The van der Waals surface area contributed by atoms with E-state index in [1.807, 2.05) is 7.05 Å². The van der Waals surface area contributed by atoms with Gasteiger partial charge in [0.15, 0.2) is 5.96 Å². The molecule has 1 unspecified atom stereocenters. The molecule has 0 radical (unpaired) electrons. The molecule has 0 aromatic heterocycles. The molecule has 1 aliphatic carbocycles. The molecular weight excluding hydrogens is 421 g/mol. The monoisotopic (exact) mass is 455 g/mol. The average Bonchev–Trinajstić information content (AvgIpc) is 3.29. The third kappa shape index (κ3) is 6.61. The van der Waals surface area contributed by atoms with Crippen LogP contribution in [-0.4, -0.2) is 61.8 Å². The molecule has 0 aromatic rings. The van der Waals surface area contributed by atoms with Crippen molar-refractivity contribution >= 4 is 41.7 Å². The molecule has 1 saturated heterocycles. The van der Waals surface area contributed by atoms with Crippen LogP contribution >= 0.6 is 35.7 Å². The van der Waals surface area contributed by atoms with Crippen LogP contribution in [0.5, 0.6) is 0 Å². The number of guanidine groups is 1. The lowest BCUT2D eigenvalue weighted by Crippen LogP contribution is -2.50. The smallest absolute Gasteiger partial charge is 0.193 e. The Labute approximate surface area is 163 Å². The Bertz CT molecular complexity index is 375. The summed E-state index contributed by atoms with van der Waals surface area (Å²) in [5.74, 6) is 3.03. The largest absolute Gasteiger partial charge is 0.382 e. The number of nitrogens with one attached hydrogen (secondary N) is 1. The van der Waals surface area contributed by atoms with E-state index in [2.05, 4.69) is 47.7 Å². The maximum absolute atomic E-state index is 5.53. The molecule has 1 aliphatic heterocycles. The van der Waals surface area contributed by atoms with Crippen LogP contribution in [0, 0.1) is 11.3 Å². The Morgan fingerprint density at radius 3 is 2.74 bits per heavy atom. The molecule has 0 spiro atoms. The minimum Gasteiger partial charge on any atom is -0.382 e. The summed E-state index contributed by atoms with van der Waals surface area (Å²) in [6.07, 6.45) is 3.83. The van der Waals surface area contributed by atoms with Crippen LogP contribution in [0.1, 0.15) is 40.0 Å². The predicted molar refractivity (Wildman–Crippen MR) is 112 cm³/mol. The molecular formula is C17H34IN3OS. The zero-order valence-electron chi connectivity index (χ0n) is 15.1. The van der Waals surface area contributed by atoms with Gasteiger partial charge in [0.05, 0.1) is 0 Å². The fourth-order valence-electron chi connectivity index (χ4n) is 2.99. The normalized spacial score (nSPS) is 23.6. The zero-order chi connectivity index (χ0) is 16.0. The van der Waals surface area contributed by atoms with E-state index in [1.54, 1.807) is 0 Å². The Balaban J connectivity index is 0.00000264. The molecule has 0 amide bonds. The summed E-state index contributed by atoms with van der Waals surface area (Å²) in [6.45, 7) is 11.7. The van der Waals surface area contributed by atoms with Crippen LogP contribution in [0.25, 0.3) is 0 Å². The maximum Gasteiger partial charge on any atom is 0.193 e. The van der Waals surface area contributed by atoms with Gasteiger partial charge < -0.3 is 15.0 Å². The summed E-state index contributed by atoms with van der Waals surface area (Å²) in [5.41, 5.74) is 0.465. The maximum atomic E-state index is 5.53. The van der Waals surface area contributed by atoms with Crippen LogP contribution in [0.3, 0.4) is 0 Å². The third-order valence-electron chi connectivity index (χ3n) is 4.91. The van der Waals surface area contributed by atoms with E-state index in [-0.39, 0.29) is 24.0 Å². The van der Waals surface area contributed by atoms with Gasteiger partial charge in [-0.25, -0.2) is 0 Å². The number of rotatable bonds is 7. The molecule has 4 nitrogen and oxygen atoms in total. The van der Waals surface area contributed by atoms with Gasteiger partial charge >= 0.3 is 0 Å². The molecule has 2 aliphatic rings. The summed E-state index contributed by atoms with van der Waals surface area (Å²) < 4.78 is 5.53. The molecule has 0 bridgehead atoms. The van der Waals surface area contributed by atoms with Gasteiger partial charge in [0.2, 0.25) is 0 Å². The fraction of sp³-hybridized carbons (Fsp3) is 0.941. The van der Waals surface area contributed by atoms with E-state index in [4.69, 9.17) is 4.74 Å². The van der Waals surface area contributed by atoms with Crippen molar-refractivity contribution in [3.8, 4) is 0 Å². The van der Waals surface area contributed by atoms with Gasteiger partial charge in [-0.2, -0.15) is 11.8 Å². The molecule has 1 atom stereocenters. The first-order valence-corrected chi connectivity index (χ1v) is 9.80. The summed E-state index contributed by atoms with van der Waals surface area (Å²) in [4.78, 5) is 6.97. The van der Waals surface area contributed by atoms with Crippen molar-refractivity contribution in [2.45, 2.75) is 45.3 Å². The van der Waals surface area contributed by atoms with Crippen molar-refractivity contribution in [2.75, 3.05) is 45.6 Å². The van der Waals surface area contributed by atoms with E-state index in [9.17, 15) is 0 Å². The number of halogens is 1. The second-order valence-electron chi connectivity index (χ2n) is 6.95. The highest BCUT2D eigenvalue weighted by molar-refractivity contribution is 14.0. The second-order valence-corrected chi connectivity index (χ2v) is 8.29. The van der Waals surface area contributed by atoms with Crippen molar-refractivity contribution in [1.29, 1.82) is 0 Å². The van der Waals surface area contributed by atoms with Crippen LogP contribution < -0.4 is 5.32 Å². The molecule has 2 fully saturated rings. The number of aliphatic imine (C=N–C) groups is 1. The number of hydrogen-bond donors (Lipinski definition) is 1. The SMILES string of the molecule is CCOCCC1(CNC(=NC)N2CCSC(C(C)C)C2)CC1.I. The Morgan fingerprint density at radius 1 is 1.43 bits per heavy atom. The van der Waals surface area contributed by atoms with E-state index < -0.39 is 0 Å². The van der Waals surface area contributed by atoms with E-state index in [1.165, 1.54) is 25.0 Å². The molecule has 2 rings (SSSR count). The van der Waals surface area contributed by atoms with Gasteiger partial charge in [-0.3, -0.25) is 4.99 Å². The lowest BCUT2D eigenvalue weighted by molar-refractivity contribution is 0.128. The van der Waals surface area contributed by atoms with Crippen LogP contribution in [0.15, 0.2) is 4.99 Å². The minimum absolute atomic E-state index is 0. The van der Waals surface area contributed by atoms with E-state index in [0.29, 0.717) is 5.41 Å². The van der Waals surface area contributed by atoms with Crippen molar-refractivity contribution < 1.29 is 4.74 Å². The van der Waals surface area contributed by atoms with Gasteiger partial charge in [-0.1, -0.05) is 13.8 Å². The number of hydrogen-bond acceptors (Lipinski definition) is 3. The number of nitrogens with zero attached hydrogens (tertiary/aromatic N) is 2. The highest BCUT2D eigenvalue weighted by Gasteiger charge is 2.42. The summed E-state index contributed by atoms with van der Waals surface area (Å²) in [6, 6.07) is 0. The van der Waals surface area contributed by atoms with Crippen LogP contribution in [0.2, 0.25) is 0 Å². The van der Waals surface area contributed by atoms with Gasteiger partial charge in [0.1, 0.15) is 0 Å². The highest BCUT2D eigenvalue weighted by Crippen LogP contribution is 2.48. The van der Waals surface area contributed by atoms with Gasteiger partial charge in [-0.05, 0) is 37.5 Å². The Morgan fingerprint density at radius 2 is 2.17 bits per heavy atom. The molecule has 1 heterocycles. The van der Waals surface area contributed by atoms with Crippen molar-refractivity contribution in [1.82, 2.24) is 10.2 Å². The van der Waals surface area contributed by atoms with Crippen LogP contribution in [-0.2, 0) is 4.74 Å². The second kappa shape index (κ2) is 10.3. The summed E-state index contributed by atoms with van der Waals surface area (Å²) in [7, 11) is 1.91. The Hall–Kier alpha value is 0.310. The highest BCUT2D eigenvalue weighted by atomic mass is 127. The first kappa shape index (κ1) is 21.4. The first-order valence-electron chi connectivity index (χ1n) is 8.75. The first-order chi connectivity index (χ1) is 10.6. The quantitative estimate of drug-likeness (QED) is 0.276. The minimum atomic E-state index is 0. The zero-order valence-corrected chi connectivity index (χ0v) is 18.3. The topological polar surface area (TPSA) is 36.9 Å². The Kier molecular flexibility index (Phi) is 9.59. The van der Waals surface area contributed by atoms with Gasteiger partial charge in [-0.15, -0.1) is 24.0 Å². The lowest BCUT2D eigenvalue weighted by Gasteiger charge is -2.36. The van der Waals surface area contributed by atoms with E-state index >= 15 is 0 Å². The lowest BCUT2D eigenvalue weighted by atomic mass is 10.0.